The van der Waals surface area contributed by atoms with Crippen LogP contribution in [0.3, 0.4) is 0 Å². The van der Waals surface area contributed by atoms with Crippen molar-refractivity contribution in [3.05, 3.63) is 64.7 Å². The van der Waals surface area contributed by atoms with Gasteiger partial charge >= 0.3 is 0 Å². The third-order valence-electron chi connectivity index (χ3n) is 3.92. The van der Waals surface area contributed by atoms with Crippen LogP contribution in [-0.4, -0.2) is 29.7 Å². The second kappa shape index (κ2) is 6.06. The fourth-order valence-electron chi connectivity index (χ4n) is 2.73. The molecule has 2 atom stereocenters. The lowest BCUT2D eigenvalue weighted by molar-refractivity contribution is 0.0118. The number of halogens is 1. The molecule has 0 radical (unpaired) electrons. The van der Waals surface area contributed by atoms with Gasteiger partial charge in [0, 0.05) is 12.1 Å². The summed E-state index contributed by atoms with van der Waals surface area (Å²) in [4.78, 5) is 2.11. The van der Waals surface area contributed by atoms with Crippen molar-refractivity contribution in [1.82, 2.24) is 4.90 Å². The van der Waals surface area contributed by atoms with E-state index in [4.69, 9.17) is 16.3 Å². The van der Waals surface area contributed by atoms with Gasteiger partial charge in [0.05, 0.1) is 11.1 Å². The van der Waals surface area contributed by atoms with E-state index in [-0.39, 0.29) is 6.04 Å². The minimum atomic E-state index is -0.596. The number of aliphatic hydroxyl groups is 1. The van der Waals surface area contributed by atoms with Gasteiger partial charge in [0.2, 0.25) is 0 Å². The monoisotopic (exact) mass is 303 g/mol. The Kier molecular flexibility index (Phi) is 4.15. The van der Waals surface area contributed by atoms with E-state index < -0.39 is 6.10 Å². The summed E-state index contributed by atoms with van der Waals surface area (Å²) in [5.74, 6) is 0.607. The summed E-state index contributed by atoms with van der Waals surface area (Å²) in [7, 11) is 2.00. The van der Waals surface area contributed by atoms with Gasteiger partial charge in [-0.3, -0.25) is 4.90 Å². The third-order valence-corrected chi connectivity index (χ3v) is 4.22. The number of rotatable bonds is 3. The van der Waals surface area contributed by atoms with Crippen molar-refractivity contribution >= 4 is 11.6 Å². The molecule has 0 aromatic heterocycles. The Morgan fingerprint density at radius 3 is 2.71 bits per heavy atom. The molecule has 4 heteroatoms. The molecule has 0 saturated carbocycles. The molecule has 2 unspecified atom stereocenters. The highest BCUT2D eigenvalue weighted by Gasteiger charge is 2.33. The summed E-state index contributed by atoms with van der Waals surface area (Å²) in [6.07, 6.45) is -0.596. The predicted molar refractivity (Wildman–Crippen MR) is 83.6 cm³/mol. The van der Waals surface area contributed by atoms with E-state index >= 15 is 0 Å². The van der Waals surface area contributed by atoms with Gasteiger partial charge in [-0.1, -0.05) is 54.1 Å². The van der Waals surface area contributed by atoms with Crippen molar-refractivity contribution in [3.8, 4) is 5.75 Å². The molecule has 1 N–H and O–H groups in total. The van der Waals surface area contributed by atoms with E-state index in [0.717, 1.165) is 12.1 Å². The maximum absolute atomic E-state index is 10.6. The van der Waals surface area contributed by atoms with E-state index in [2.05, 4.69) is 17.0 Å². The Balaban J connectivity index is 1.78. The normalized spacial score (nSPS) is 21.0. The first-order valence-electron chi connectivity index (χ1n) is 7.00. The van der Waals surface area contributed by atoms with E-state index in [1.165, 1.54) is 5.56 Å². The lowest BCUT2D eigenvalue weighted by Gasteiger charge is -2.36. The molecule has 1 aliphatic rings. The molecule has 0 amide bonds. The zero-order valence-electron chi connectivity index (χ0n) is 11.9. The number of ether oxygens (including phenoxy) is 1. The smallest absolute Gasteiger partial charge is 0.143 e. The van der Waals surface area contributed by atoms with Crippen molar-refractivity contribution in [2.75, 3.05) is 13.7 Å². The second-order valence-corrected chi connectivity index (χ2v) is 5.79. The van der Waals surface area contributed by atoms with Gasteiger partial charge in [0.15, 0.2) is 0 Å². The molecule has 21 heavy (non-hydrogen) atoms. The summed E-state index contributed by atoms with van der Waals surface area (Å²) in [6, 6.07) is 15.6. The molecule has 0 spiro atoms. The van der Waals surface area contributed by atoms with Crippen LogP contribution in [0.4, 0.5) is 0 Å². The van der Waals surface area contributed by atoms with Crippen LogP contribution < -0.4 is 4.74 Å². The van der Waals surface area contributed by atoms with Crippen LogP contribution >= 0.6 is 11.6 Å². The quantitative estimate of drug-likeness (QED) is 0.944. The first-order valence-corrected chi connectivity index (χ1v) is 7.38. The SMILES string of the molecule is CN(Cc1ccccc1)C1COc2c(Cl)cccc2C1O. The molecular weight excluding hydrogens is 286 g/mol. The van der Waals surface area contributed by atoms with Crippen molar-refractivity contribution in [3.63, 3.8) is 0 Å². The standard InChI is InChI=1S/C17H18ClNO2/c1-19(10-12-6-3-2-4-7-12)15-11-21-17-13(16(15)20)8-5-9-14(17)18/h2-9,15-16,20H,10-11H2,1H3. The highest BCUT2D eigenvalue weighted by atomic mass is 35.5. The van der Waals surface area contributed by atoms with Crippen LogP contribution in [-0.2, 0) is 6.54 Å². The van der Waals surface area contributed by atoms with Crippen molar-refractivity contribution in [1.29, 1.82) is 0 Å². The van der Waals surface area contributed by atoms with Gasteiger partial charge < -0.3 is 9.84 Å². The van der Waals surface area contributed by atoms with E-state index in [9.17, 15) is 5.11 Å². The highest BCUT2D eigenvalue weighted by Crippen LogP contribution is 2.38. The lowest BCUT2D eigenvalue weighted by Crippen LogP contribution is -2.43. The number of likely N-dealkylation sites (N-methyl/N-ethyl adjacent to an activating group) is 1. The molecule has 110 valence electrons. The van der Waals surface area contributed by atoms with Gasteiger partial charge in [-0.25, -0.2) is 0 Å². The first kappa shape index (κ1) is 14.4. The Hall–Kier alpha value is -1.55. The lowest BCUT2D eigenvalue weighted by atomic mass is 9.98. The largest absolute Gasteiger partial charge is 0.490 e. The Morgan fingerprint density at radius 2 is 1.95 bits per heavy atom. The molecule has 2 aromatic carbocycles. The Labute approximate surface area is 129 Å². The topological polar surface area (TPSA) is 32.7 Å². The molecule has 1 aliphatic heterocycles. The molecule has 3 rings (SSSR count). The molecule has 0 saturated heterocycles. The number of benzene rings is 2. The van der Waals surface area contributed by atoms with E-state index in [1.54, 1.807) is 6.07 Å². The first-order chi connectivity index (χ1) is 10.2. The average Bonchev–Trinajstić information content (AvgIpc) is 2.49. The van der Waals surface area contributed by atoms with Crippen LogP contribution in [0.25, 0.3) is 0 Å². The van der Waals surface area contributed by atoms with Crippen LogP contribution in [0.2, 0.25) is 5.02 Å². The zero-order valence-corrected chi connectivity index (χ0v) is 12.6. The number of para-hydroxylation sites is 1. The molecule has 0 fully saturated rings. The third kappa shape index (κ3) is 2.91. The van der Waals surface area contributed by atoms with Crippen molar-refractivity contribution < 1.29 is 9.84 Å². The maximum Gasteiger partial charge on any atom is 0.143 e. The van der Waals surface area contributed by atoms with Crippen LogP contribution in [0.1, 0.15) is 17.2 Å². The highest BCUT2D eigenvalue weighted by molar-refractivity contribution is 6.32. The number of aliphatic hydroxyl groups excluding tert-OH is 1. The fourth-order valence-corrected chi connectivity index (χ4v) is 2.97. The minimum Gasteiger partial charge on any atom is -0.490 e. The van der Waals surface area contributed by atoms with Crippen molar-refractivity contribution in [2.45, 2.75) is 18.7 Å². The van der Waals surface area contributed by atoms with E-state index in [0.29, 0.717) is 17.4 Å². The molecule has 1 heterocycles. The summed E-state index contributed by atoms with van der Waals surface area (Å²) in [5.41, 5.74) is 1.97. The van der Waals surface area contributed by atoms with Crippen LogP contribution in [0.5, 0.6) is 5.75 Å². The van der Waals surface area contributed by atoms with Gasteiger partial charge in [-0.05, 0) is 18.7 Å². The average molecular weight is 304 g/mol. The van der Waals surface area contributed by atoms with Crippen LogP contribution in [0, 0.1) is 0 Å². The van der Waals surface area contributed by atoms with Gasteiger partial charge in [0.25, 0.3) is 0 Å². The van der Waals surface area contributed by atoms with Gasteiger partial charge in [-0.15, -0.1) is 0 Å². The summed E-state index contributed by atoms with van der Waals surface area (Å²) >= 11 is 6.11. The molecule has 2 aromatic rings. The fraction of sp³-hybridized carbons (Fsp3) is 0.294. The molecular formula is C17H18ClNO2. The van der Waals surface area contributed by atoms with Crippen molar-refractivity contribution in [2.24, 2.45) is 0 Å². The Morgan fingerprint density at radius 1 is 1.19 bits per heavy atom. The van der Waals surface area contributed by atoms with E-state index in [1.807, 2.05) is 37.4 Å². The summed E-state index contributed by atoms with van der Waals surface area (Å²) in [6.45, 7) is 1.20. The van der Waals surface area contributed by atoms with Crippen LogP contribution in [0.15, 0.2) is 48.5 Å². The maximum atomic E-state index is 10.6. The summed E-state index contributed by atoms with van der Waals surface area (Å²) < 4.78 is 5.76. The number of hydrogen-bond donors (Lipinski definition) is 1. The molecule has 0 bridgehead atoms. The Bertz CT molecular complexity index is 617. The number of nitrogens with zero attached hydrogens (tertiary/aromatic N) is 1. The second-order valence-electron chi connectivity index (χ2n) is 5.38. The molecule has 3 nitrogen and oxygen atoms in total. The predicted octanol–water partition coefficient (Wildman–Crippen LogP) is 3.27. The number of fused-ring (bicyclic) bond motifs is 1. The van der Waals surface area contributed by atoms with Gasteiger partial charge in [-0.2, -0.15) is 0 Å². The minimum absolute atomic E-state index is 0.0869. The zero-order chi connectivity index (χ0) is 14.8. The summed E-state index contributed by atoms with van der Waals surface area (Å²) in [5, 5.41) is 11.2. The molecule has 0 aliphatic carbocycles. The van der Waals surface area contributed by atoms with Gasteiger partial charge in [0.1, 0.15) is 18.5 Å². The number of hydrogen-bond acceptors (Lipinski definition) is 3.